The molecule has 9 heteroatoms. The zero-order valence-corrected chi connectivity index (χ0v) is 15.0. The van der Waals surface area contributed by atoms with Crippen molar-refractivity contribution in [2.45, 2.75) is 4.29 Å². The summed E-state index contributed by atoms with van der Waals surface area (Å²) in [6.45, 7) is 0. The number of ether oxygens (including phenoxy) is 1. The van der Waals surface area contributed by atoms with Crippen LogP contribution in [-0.2, 0) is 14.3 Å². The summed E-state index contributed by atoms with van der Waals surface area (Å²) in [6.07, 6.45) is 0. The molecule has 0 aromatic heterocycles. The summed E-state index contributed by atoms with van der Waals surface area (Å²) in [7, 11) is 0. The molecule has 0 rings (SSSR count). The minimum Gasteiger partial charge on any atom is -0.388 e. The van der Waals surface area contributed by atoms with Crippen LogP contribution in [0.25, 0.3) is 0 Å². The lowest BCUT2D eigenvalue weighted by Crippen LogP contribution is -2.29. The third-order valence-corrected chi connectivity index (χ3v) is 2.59. The summed E-state index contributed by atoms with van der Waals surface area (Å²) in [4.78, 5) is 22.2. The molecule has 0 amide bonds. The van der Waals surface area contributed by atoms with Gasteiger partial charge in [-0.3, -0.25) is 0 Å². The van der Waals surface area contributed by atoms with Crippen LogP contribution in [0.3, 0.4) is 0 Å². The van der Waals surface area contributed by atoms with Gasteiger partial charge < -0.3 is 4.74 Å². The lowest BCUT2D eigenvalue weighted by atomic mass is 10.7. The Bertz CT molecular complexity index is 201. The fraction of sp³-hybridized carbons (Fsp3) is 0.500. The van der Waals surface area contributed by atoms with Crippen LogP contribution in [0.5, 0.6) is 0 Å². The molecule has 0 saturated carbocycles. The van der Waals surface area contributed by atoms with Crippen LogP contribution in [0.4, 0.5) is 0 Å². The Morgan fingerprint density at radius 2 is 1.00 bits per heavy atom. The maximum atomic E-state index is 11.1. The van der Waals surface area contributed by atoms with E-state index in [1.165, 1.54) is 0 Å². The van der Waals surface area contributed by atoms with Crippen molar-refractivity contribution < 1.29 is 14.3 Å². The van der Waals surface area contributed by atoms with Gasteiger partial charge in [-0.25, -0.2) is 9.59 Å². The maximum Gasteiger partial charge on any atom is 0.352 e. The number of halogens is 6. The summed E-state index contributed by atoms with van der Waals surface area (Å²) in [6, 6.07) is 0. The quantitative estimate of drug-likeness (QED) is 0.251. The first-order valence-corrected chi connectivity index (χ1v) is 7.21. The van der Waals surface area contributed by atoms with Crippen LogP contribution >= 0.6 is 95.6 Å². The van der Waals surface area contributed by atoms with Gasteiger partial charge in [0.15, 0.2) is 0 Å². The van der Waals surface area contributed by atoms with E-state index in [2.05, 4.69) is 100 Å². The number of hydrogen-bond acceptors (Lipinski definition) is 3. The number of rotatable bonds is 0. The highest BCUT2D eigenvalue weighted by atomic mass is 80.0. The topological polar surface area (TPSA) is 43.4 Å². The standard InChI is InChI=1S/C4Br6O3/c5-3(6,7)1(11)13-2(12)4(8,9)10. The monoisotopic (exact) mass is 569 g/mol. The molecule has 0 heterocycles. The van der Waals surface area contributed by atoms with Gasteiger partial charge in [-0.15, -0.1) is 0 Å². The second-order valence-electron chi connectivity index (χ2n) is 1.67. The molecule has 0 N–H and O–H groups in total. The van der Waals surface area contributed by atoms with Gasteiger partial charge in [0.2, 0.25) is 4.29 Å². The van der Waals surface area contributed by atoms with Crippen molar-refractivity contribution in [1.29, 1.82) is 0 Å². The Morgan fingerprint density at radius 1 is 0.769 bits per heavy atom. The van der Waals surface area contributed by atoms with E-state index in [9.17, 15) is 9.59 Å². The van der Waals surface area contributed by atoms with Gasteiger partial charge in [0.1, 0.15) is 0 Å². The van der Waals surface area contributed by atoms with Gasteiger partial charge in [-0.05, 0) is 95.6 Å². The molecule has 0 aromatic carbocycles. The van der Waals surface area contributed by atoms with Gasteiger partial charge in [-0.1, -0.05) is 0 Å². The molecule has 0 aliphatic carbocycles. The summed E-state index contributed by atoms with van der Waals surface area (Å²) in [5.74, 6) is -1.64. The molecule has 0 aromatic rings. The van der Waals surface area contributed by atoms with Crippen LogP contribution in [0, 0.1) is 0 Å². The summed E-state index contributed by atoms with van der Waals surface area (Å²) in [5.41, 5.74) is 0. The fourth-order valence-corrected chi connectivity index (χ4v) is 0.686. The molecular formula is C4Br6O3. The Kier molecular flexibility index (Phi) is 6.21. The molecule has 0 atom stereocenters. The molecule has 3 nitrogen and oxygen atoms in total. The van der Waals surface area contributed by atoms with E-state index >= 15 is 0 Å². The molecule has 0 unspecified atom stereocenters. The highest BCUT2D eigenvalue weighted by Gasteiger charge is 2.38. The maximum absolute atomic E-state index is 11.1. The molecule has 0 saturated heterocycles. The minimum absolute atomic E-state index is 0.819. The Hall–Kier alpha value is 2.02. The number of esters is 2. The first kappa shape index (κ1) is 15.0. The predicted octanol–water partition coefficient (Wildman–Crippen LogP) is 3.73. The second-order valence-corrected chi connectivity index (χ2v) is 15.2. The van der Waals surface area contributed by atoms with Gasteiger partial charge in [-0.2, -0.15) is 0 Å². The largest absolute Gasteiger partial charge is 0.388 e. The molecule has 0 aliphatic heterocycles. The SMILES string of the molecule is O=C(OC(=O)C(Br)(Br)Br)C(Br)(Br)Br. The smallest absolute Gasteiger partial charge is 0.352 e. The molecule has 0 radical (unpaired) electrons. The van der Waals surface area contributed by atoms with E-state index in [0.717, 1.165) is 0 Å². The van der Waals surface area contributed by atoms with Crippen molar-refractivity contribution in [3.8, 4) is 0 Å². The highest BCUT2D eigenvalue weighted by molar-refractivity contribution is 9.40. The van der Waals surface area contributed by atoms with Crippen molar-refractivity contribution in [2.75, 3.05) is 0 Å². The Labute approximate surface area is 124 Å². The van der Waals surface area contributed by atoms with Crippen LogP contribution < -0.4 is 0 Å². The van der Waals surface area contributed by atoms with Crippen molar-refractivity contribution in [3.05, 3.63) is 0 Å². The molecule has 76 valence electrons. The summed E-state index contributed by atoms with van der Waals surface area (Å²) < 4.78 is 1.92. The van der Waals surface area contributed by atoms with E-state index in [-0.39, 0.29) is 0 Å². The summed E-state index contributed by atoms with van der Waals surface area (Å²) >= 11 is 17.4. The van der Waals surface area contributed by atoms with E-state index in [0.29, 0.717) is 0 Å². The lowest BCUT2D eigenvalue weighted by molar-refractivity contribution is -0.157. The highest BCUT2D eigenvalue weighted by Crippen LogP contribution is 2.38. The van der Waals surface area contributed by atoms with Crippen molar-refractivity contribution >= 4 is 108 Å². The van der Waals surface area contributed by atoms with Gasteiger partial charge in [0.25, 0.3) is 0 Å². The Morgan fingerprint density at radius 3 is 1.15 bits per heavy atom. The average Bonchev–Trinajstić information content (AvgIpc) is 1.82. The third kappa shape index (κ3) is 6.24. The number of carbonyl (C=O) groups excluding carboxylic acids is 2. The third-order valence-electron chi connectivity index (χ3n) is 0.648. The number of hydrogen-bond donors (Lipinski definition) is 0. The molecule has 0 bridgehead atoms. The fourth-order valence-electron chi connectivity index (χ4n) is 0.200. The zero-order valence-electron chi connectivity index (χ0n) is 5.49. The molecule has 13 heavy (non-hydrogen) atoms. The normalized spacial score (nSPS) is 12.5. The van der Waals surface area contributed by atoms with E-state index in [1.807, 2.05) is 0 Å². The van der Waals surface area contributed by atoms with Crippen LogP contribution in [0.2, 0.25) is 0 Å². The number of alkyl halides is 6. The van der Waals surface area contributed by atoms with E-state index in [1.54, 1.807) is 0 Å². The van der Waals surface area contributed by atoms with Gasteiger partial charge in [0.05, 0.1) is 0 Å². The van der Waals surface area contributed by atoms with Crippen molar-refractivity contribution in [1.82, 2.24) is 0 Å². The van der Waals surface area contributed by atoms with Crippen LogP contribution in [0.1, 0.15) is 0 Å². The van der Waals surface area contributed by atoms with Crippen molar-refractivity contribution in [3.63, 3.8) is 0 Å². The Balaban J connectivity index is 4.34. The number of carbonyl (C=O) groups is 2. The molecule has 0 fully saturated rings. The van der Waals surface area contributed by atoms with E-state index in [4.69, 9.17) is 0 Å². The molecular weight excluding hydrogens is 575 g/mol. The second kappa shape index (κ2) is 5.38. The van der Waals surface area contributed by atoms with E-state index < -0.39 is 16.2 Å². The van der Waals surface area contributed by atoms with Crippen molar-refractivity contribution in [2.24, 2.45) is 0 Å². The lowest BCUT2D eigenvalue weighted by Gasteiger charge is -2.13. The molecule has 0 spiro atoms. The predicted molar refractivity (Wildman–Crippen MR) is 70.1 cm³/mol. The zero-order chi connectivity index (χ0) is 10.9. The minimum atomic E-state index is -1.25. The van der Waals surface area contributed by atoms with Gasteiger partial charge in [0, 0.05) is 0 Å². The first-order valence-electron chi connectivity index (χ1n) is 2.45. The molecule has 0 aliphatic rings. The van der Waals surface area contributed by atoms with Crippen LogP contribution in [0.15, 0.2) is 0 Å². The van der Waals surface area contributed by atoms with Gasteiger partial charge >= 0.3 is 11.9 Å². The summed E-state index contributed by atoms with van der Waals surface area (Å²) in [5, 5.41) is 0. The average molecular weight is 575 g/mol. The first-order chi connectivity index (χ1) is 5.55. The van der Waals surface area contributed by atoms with Crippen LogP contribution in [-0.4, -0.2) is 16.2 Å².